The van der Waals surface area contributed by atoms with Crippen molar-refractivity contribution in [3.05, 3.63) is 0 Å². The maximum Gasteiger partial charge on any atom is 0.306 e. The second-order valence-corrected chi connectivity index (χ2v) is 17.8. The lowest BCUT2D eigenvalue weighted by Crippen LogP contribution is -2.30. The van der Waals surface area contributed by atoms with Gasteiger partial charge in [0.2, 0.25) is 0 Å². The predicted octanol–water partition coefficient (Wildman–Crippen LogP) is 15.8. The fraction of sp³-hybridized carbons (Fsp3) is 0.940. The molecule has 0 N–H and O–H groups in total. The molecule has 2 atom stereocenters. The Balaban J connectivity index is 4.03. The first-order valence-electron chi connectivity index (χ1n) is 24.8. The second kappa shape index (κ2) is 43.0. The van der Waals surface area contributed by atoms with E-state index in [1.807, 2.05) is 0 Å². The van der Waals surface area contributed by atoms with Crippen molar-refractivity contribution in [2.75, 3.05) is 13.2 Å². The van der Waals surface area contributed by atoms with Crippen LogP contribution in [0.2, 0.25) is 0 Å². The lowest BCUT2D eigenvalue weighted by molar-refractivity contribution is -0.167. The van der Waals surface area contributed by atoms with E-state index in [1.165, 1.54) is 154 Å². The number of ether oxygens (including phenoxy) is 3. The van der Waals surface area contributed by atoms with Crippen molar-refractivity contribution in [3.63, 3.8) is 0 Å². The Morgan fingerprint density at radius 1 is 0.375 bits per heavy atom. The predicted molar refractivity (Wildman–Crippen MR) is 238 cm³/mol. The maximum absolute atomic E-state index is 12.5. The molecule has 0 aliphatic rings. The first-order valence-corrected chi connectivity index (χ1v) is 24.8. The van der Waals surface area contributed by atoms with Crippen LogP contribution in [-0.4, -0.2) is 37.2 Å². The molecule has 0 bridgehead atoms. The molecule has 0 radical (unpaired) electrons. The van der Waals surface area contributed by atoms with E-state index in [4.69, 9.17) is 14.2 Å². The van der Waals surface area contributed by atoms with Crippen LogP contribution in [-0.2, 0) is 28.6 Å². The zero-order valence-electron chi connectivity index (χ0n) is 38.3. The van der Waals surface area contributed by atoms with Crippen LogP contribution < -0.4 is 0 Å². The molecule has 0 saturated heterocycles. The van der Waals surface area contributed by atoms with E-state index in [1.54, 1.807) is 0 Å². The molecule has 0 fully saturated rings. The normalized spacial score (nSPS) is 12.5. The smallest absolute Gasteiger partial charge is 0.306 e. The third-order valence-corrected chi connectivity index (χ3v) is 11.6. The molecule has 6 heteroatoms. The molecule has 0 rings (SSSR count). The minimum atomic E-state index is -0.759. The van der Waals surface area contributed by atoms with E-state index in [2.05, 4.69) is 34.6 Å². The van der Waals surface area contributed by atoms with E-state index >= 15 is 0 Å². The fourth-order valence-corrected chi connectivity index (χ4v) is 7.43. The van der Waals surface area contributed by atoms with Gasteiger partial charge in [0, 0.05) is 19.3 Å². The second-order valence-electron chi connectivity index (χ2n) is 17.8. The maximum atomic E-state index is 12.5. The van der Waals surface area contributed by atoms with Crippen LogP contribution in [0.25, 0.3) is 0 Å². The summed E-state index contributed by atoms with van der Waals surface area (Å²) in [6.45, 7) is 11.3. The zero-order valence-corrected chi connectivity index (χ0v) is 38.3. The van der Waals surface area contributed by atoms with Gasteiger partial charge in [-0.3, -0.25) is 14.4 Å². The summed E-state index contributed by atoms with van der Waals surface area (Å²) in [4.78, 5) is 37.5. The van der Waals surface area contributed by atoms with Gasteiger partial charge in [0.1, 0.15) is 13.2 Å². The summed E-state index contributed by atoms with van der Waals surface area (Å²) in [5.41, 5.74) is 0. The van der Waals surface area contributed by atoms with Crippen molar-refractivity contribution in [2.24, 2.45) is 11.8 Å². The molecule has 0 heterocycles. The molecule has 6 nitrogen and oxygen atoms in total. The van der Waals surface area contributed by atoms with Crippen LogP contribution in [0.4, 0.5) is 0 Å². The highest BCUT2D eigenvalue weighted by Gasteiger charge is 2.19. The van der Waals surface area contributed by atoms with Gasteiger partial charge in [0.15, 0.2) is 6.10 Å². The number of carbonyl (C=O) groups excluding carboxylic acids is 3. The summed E-state index contributed by atoms with van der Waals surface area (Å²) in [5, 5.41) is 0. The molecule has 0 aromatic heterocycles. The fourth-order valence-electron chi connectivity index (χ4n) is 7.43. The molecule has 1 unspecified atom stereocenters. The summed E-state index contributed by atoms with van der Waals surface area (Å²) in [7, 11) is 0. The van der Waals surface area contributed by atoms with Crippen molar-refractivity contribution in [3.8, 4) is 0 Å². The Morgan fingerprint density at radius 3 is 1.02 bits per heavy atom. The van der Waals surface area contributed by atoms with E-state index in [0.29, 0.717) is 19.3 Å². The highest BCUT2D eigenvalue weighted by atomic mass is 16.6. The lowest BCUT2D eigenvalue weighted by Gasteiger charge is -2.18. The van der Waals surface area contributed by atoms with Gasteiger partial charge in [-0.1, -0.05) is 234 Å². The Bertz CT molecular complexity index is 856. The number of hydrogen-bond donors (Lipinski definition) is 0. The van der Waals surface area contributed by atoms with Crippen LogP contribution in [0, 0.1) is 11.8 Å². The average Bonchev–Trinajstić information content (AvgIpc) is 3.18. The van der Waals surface area contributed by atoms with Gasteiger partial charge < -0.3 is 14.2 Å². The SMILES string of the molecule is CCCCCCCC(=O)O[C@@H](COC(=O)CCCCCCCCCCCCCCCCCCCCC(C)C)COC(=O)CCCCCCCCCCC(C)CC. The Morgan fingerprint density at radius 2 is 0.679 bits per heavy atom. The molecule has 0 saturated carbocycles. The number of unbranched alkanes of at least 4 members (excludes halogenated alkanes) is 28. The van der Waals surface area contributed by atoms with Crippen LogP contribution >= 0.6 is 0 Å². The molecule has 0 aromatic rings. The Labute approximate surface area is 348 Å². The lowest BCUT2D eigenvalue weighted by atomic mass is 9.99. The quantitative estimate of drug-likeness (QED) is 0.0347. The largest absolute Gasteiger partial charge is 0.462 e. The monoisotopic (exact) mass is 793 g/mol. The van der Waals surface area contributed by atoms with Crippen molar-refractivity contribution in [2.45, 2.75) is 278 Å². The van der Waals surface area contributed by atoms with Gasteiger partial charge in [0.25, 0.3) is 0 Å². The molecule has 332 valence electrons. The van der Waals surface area contributed by atoms with E-state index in [0.717, 1.165) is 76.0 Å². The average molecular weight is 793 g/mol. The van der Waals surface area contributed by atoms with Crippen molar-refractivity contribution < 1.29 is 28.6 Å². The van der Waals surface area contributed by atoms with Crippen molar-refractivity contribution >= 4 is 17.9 Å². The summed E-state index contributed by atoms with van der Waals surface area (Å²) < 4.78 is 16.6. The van der Waals surface area contributed by atoms with Gasteiger partial charge in [0.05, 0.1) is 0 Å². The molecule has 0 spiro atoms. The number of hydrogen-bond acceptors (Lipinski definition) is 6. The van der Waals surface area contributed by atoms with Crippen LogP contribution in [0.5, 0.6) is 0 Å². The first kappa shape index (κ1) is 54.4. The minimum Gasteiger partial charge on any atom is -0.462 e. The summed E-state index contributed by atoms with van der Waals surface area (Å²) in [5.74, 6) is 0.839. The van der Waals surface area contributed by atoms with Crippen LogP contribution in [0.15, 0.2) is 0 Å². The van der Waals surface area contributed by atoms with Gasteiger partial charge in [-0.25, -0.2) is 0 Å². The minimum absolute atomic E-state index is 0.0658. The number of rotatable bonds is 44. The Hall–Kier alpha value is -1.59. The topological polar surface area (TPSA) is 78.9 Å². The molecule has 0 amide bonds. The highest BCUT2D eigenvalue weighted by Crippen LogP contribution is 2.18. The van der Waals surface area contributed by atoms with E-state index < -0.39 is 6.10 Å². The van der Waals surface area contributed by atoms with E-state index in [-0.39, 0.29) is 31.1 Å². The van der Waals surface area contributed by atoms with Gasteiger partial charge in [-0.2, -0.15) is 0 Å². The zero-order chi connectivity index (χ0) is 41.2. The Kier molecular flexibility index (Phi) is 41.8. The van der Waals surface area contributed by atoms with Crippen LogP contribution in [0.1, 0.15) is 272 Å². The molecular weight excluding hydrogens is 697 g/mol. The standard InChI is InChI=1S/C50H96O6/c1-6-8-9-28-37-42-50(53)56-47(44-55-49(52)41-36-32-27-23-22-25-30-34-39-46(5)7-2)43-54-48(51)40-35-31-26-21-19-17-15-13-11-10-12-14-16-18-20-24-29-33-38-45(3)4/h45-47H,6-44H2,1-5H3/t46?,47-/m0/s1. The number of carbonyl (C=O) groups is 3. The summed E-state index contributed by atoms with van der Waals surface area (Å²) in [6, 6.07) is 0. The highest BCUT2D eigenvalue weighted by molar-refractivity contribution is 5.71. The van der Waals surface area contributed by atoms with E-state index in [9.17, 15) is 14.4 Å². The van der Waals surface area contributed by atoms with Crippen LogP contribution in [0.3, 0.4) is 0 Å². The first-order chi connectivity index (χ1) is 27.3. The van der Waals surface area contributed by atoms with Crippen molar-refractivity contribution in [1.82, 2.24) is 0 Å². The van der Waals surface area contributed by atoms with Gasteiger partial charge in [-0.15, -0.1) is 0 Å². The van der Waals surface area contributed by atoms with Crippen molar-refractivity contribution in [1.29, 1.82) is 0 Å². The van der Waals surface area contributed by atoms with Gasteiger partial charge in [-0.05, 0) is 31.1 Å². The molecule has 0 aromatic carbocycles. The summed E-state index contributed by atoms with van der Waals surface area (Å²) in [6.07, 6.45) is 42.7. The molecule has 56 heavy (non-hydrogen) atoms. The third-order valence-electron chi connectivity index (χ3n) is 11.6. The summed E-state index contributed by atoms with van der Waals surface area (Å²) >= 11 is 0. The van der Waals surface area contributed by atoms with Gasteiger partial charge >= 0.3 is 17.9 Å². The third kappa shape index (κ3) is 42.0. The molecular formula is C50H96O6. The number of esters is 3. The molecule has 0 aliphatic carbocycles. The molecule has 0 aliphatic heterocycles.